The summed E-state index contributed by atoms with van der Waals surface area (Å²) in [5.41, 5.74) is 2.68. The Morgan fingerprint density at radius 3 is 2.30 bits per heavy atom. The summed E-state index contributed by atoms with van der Waals surface area (Å²) in [6, 6.07) is -1.19. The first-order valence-electron chi connectivity index (χ1n) is 11.5. The van der Waals surface area contributed by atoms with Crippen LogP contribution in [0.1, 0.15) is 22.3 Å². The van der Waals surface area contributed by atoms with E-state index < -0.39 is 70.1 Å². The Kier molecular flexibility index (Phi) is 6.42. The van der Waals surface area contributed by atoms with Crippen molar-refractivity contribution >= 4 is 58.4 Å². The summed E-state index contributed by atoms with van der Waals surface area (Å²) in [4.78, 5) is 80.2. The van der Waals surface area contributed by atoms with Gasteiger partial charge >= 0.3 is 0 Å². The number of carbonyl (C=O) groups is 6. The zero-order valence-corrected chi connectivity index (χ0v) is 21.3. The first-order chi connectivity index (χ1) is 17.2. The standard InChI is InChI=1S/C24H27ClN4O8/c1-28(2)16-9-5-8-6-10-17(29(3)4)20(33)13(23(26)36)22(35)24(10,37)21(34)11(8)18(31)12(9)19(32)15(14(16)25)27-7-30/h7-8,10-11,13,17,32,37H,5-6H2,1-4H3,(H2,26,36)(H,27,30). The van der Waals surface area contributed by atoms with Gasteiger partial charge in [-0.25, -0.2) is 0 Å². The largest absolute Gasteiger partial charge is 0.505 e. The fourth-order valence-corrected chi connectivity index (χ4v) is 6.77. The Balaban J connectivity index is 1.94. The van der Waals surface area contributed by atoms with Crippen LogP contribution in [0.4, 0.5) is 11.4 Å². The van der Waals surface area contributed by atoms with Crippen LogP contribution >= 0.6 is 11.6 Å². The summed E-state index contributed by atoms with van der Waals surface area (Å²) in [7, 11) is 6.32. The number of hydrogen-bond acceptors (Lipinski definition) is 10. The van der Waals surface area contributed by atoms with Crippen molar-refractivity contribution in [2.24, 2.45) is 29.4 Å². The van der Waals surface area contributed by atoms with Crippen molar-refractivity contribution in [2.75, 3.05) is 38.4 Å². The van der Waals surface area contributed by atoms with Gasteiger partial charge in [-0.2, -0.15) is 0 Å². The van der Waals surface area contributed by atoms with Crippen LogP contribution in [-0.2, 0) is 30.4 Å². The predicted octanol–water partition coefficient (Wildman–Crippen LogP) is -0.845. The molecule has 3 aliphatic rings. The molecule has 0 saturated heterocycles. The van der Waals surface area contributed by atoms with E-state index >= 15 is 0 Å². The molecule has 6 atom stereocenters. The minimum atomic E-state index is -2.81. The predicted molar refractivity (Wildman–Crippen MR) is 130 cm³/mol. The second kappa shape index (κ2) is 8.89. The van der Waals surface area contributed by atoms with Crippen molar-refractivity contribution in [3.05, 3.63) is 16.1 Å². The number of halogens is 1. The van der Waals surface area contributed by atoms with Gasteiger partial charge in [-0.1, -0.05) is 11.6 Å². The number of phenolic OH excluding ortho intramolecular Hbond substituents is 1. The van der Waals surface area contributed by atoms with Gasteiger partial charge in [0.05, 0.1) is 28.2 Å². The highest BCUT2D eigenvalue weighted by Crippen LogP contribution is 2.54. The molecule has 2 saturated carbocycles. The van der Waals surface area contributed by atoms with Gasteiger partial charge in [-0.3, -0.25) is 33.7 Å². The first kappa shape index (κ1) is 26.7. The van der Waals surface area contributed by atoms with E-state index in [9.17, 15) is 39.0 Å². The van der Waals surface area contributed by atoms with E-state index in [0.717, 1.165) is 0 Å². The molecule has 0 bridgehead atoms. The molecular formula is C24H27ClN4O8. The number of nitrogens with zero attached hydrogens (tertiary/aromatic N) is 2. The van der Waals surface area contributed by atoms with Crippen molar-refractivity contribution < 1.29 is 39.0 Å². The third-order valence-electron chi connectivity index (χ3n) is 7.79. The maximum Gasteiger partial charge on any atom is 0.235 e. The number of Topliss-reactive ketones (excluding diaryl/α,β-unsaturated/α-hetero) is 4. The summed E-state index contributed by atoms with van der Waals surface area (Å²) in [5.74, 6) is -11.7. The van der Waals surface area contributed by atoms with Crippen molar-refractivity contribution in [2.45, 2.75) is 24.5 Å². The third kappa shape index (κ3) is 3.50. The molecule has 0 spiro atoms. The number of nitrogens with two attached hydrogens (primary N) is 1. The molecule has 2 fully saturated rings. The van der Waals surface area contributed by atoms with Gasteiger partial charge in [0.15, 0.2) is 40.4 Å². The number of phenols is 1. The lowest BCUT2D eigenvalue weighted by Gasteiger charge is -2.52. The highest BCUT2D eigenvalue weighted by molar-refractivity contribution is 6.38. The molecule has 6 unspecified atom stereocenters. The fraction of sp³-hybridized carbons (Fsp3) is 0.500. The molecule has 0 aliphatic heterocycles. The van der Waals surface area contributed by atoms with Gasteiger partial charge < -0.3 is 26.2 Å². The lowest BCUT2D eigenvalue weighted by molar-refractivity contribution is -0.181. The lowest BCUT2D eigenvalue weighted by atomic mass is 9.52. The Bertz CT molecular complexity index is 1280. The molecule has 0 aromatic heterocycles. The second-order valence-corrected chi connectivity index (χ2v) is 10.6. The maximum absolute atomic E-state index is 13.8. The van der Waals surface area contributed by atoms with E-state index in [4.69, 9.17) is 17.3 Å². The monoisotopic (exact) mass is 534 g/mol. The molecule has 3 aliphatic carbocycles. The van der Waals surface area contributed by atoms with E-state index in [1.165, 1.54) is 19.0 Å². The number of amides is 2. The summed E-state index contributed by atoms with van der Waals surface area (Å²) in [5, 5.41) is 24.8. The number of anilines is 2. The topological polar surface area (TPSA) is 187 Å². The number of hydrogen-bond donors (Lipinski definition) is 4. The van der Waals surface area contributed by atoms with Crippen molar-refractivity contribution in [3.8, 4) is 5.75 Å². The molecule has 1 aromatic carbocycles. The van der Waals surface area contributed by atoms with Crippen LogP contribution in [0.5, 0.6) is 5.75 Å². The highest BCUT2D eigenvalue weighted by atomic mass is 35.5. The first-order valence-corrected chi connectivity index (χ1v) is 11.9. The molecular weight excluding hydrogens is 508 g/mol. The van der Waals surface area contributed by atoms with Gasteiger partial charge in [0.25, 0.3) is 0 Å². The summed E-state index contributed by atoms with van der Waals surface area (Å²) >= 11 is 6.48. The number of aliphatic hydroxyl groups is 1. The van der Waals surface area contributed by atoms with Crippen molar-refractivity contribution in [1.29, 1.82) is 0 Å². The number of aromatic hydroxyl groups is 1. The maximum atomic E-state index is 13.8. The van der Waals surface area contributed by atoms with E-state index in [1.54, 1.807) is 19.0 Å². The molecule has 4 rings (SSSR count). The highest BCUT2D eigenvalue weighted by Gasteiger charge is 2.69. The van der Waals surface area contributed by atoms with E-state index in [-0.39, 0.29) is 35.5 Å². The zero-order chi connectivity index (χ0) is 27.7. The molecule has 12 nitrogen and oxygen atoms in total. The van der Waals surface area contributed by atoms with Crippen LogP contribution in [0.25, 0.3) is 0 Å². The molecule has 198 valence electrons. The second-order valence-electron chi connectivity index (χ2n) is 10.2. The van der Waals surface area contributed by atoms with E-state index in [2.05, 4.69) is 5.32 Å². The zero-order valence-electron chi connectivity index (χ0n) is 20.6. The number of primary amides is 1. The van der Waals surface area contributed by atoms with Gasteiger partial charge in [0, 0.05) is 20.0 Å². The Morgan fingerprint density at radius 1 is 1.16 bits per heavy atom. The van der Waals surface area contributed by atoms with Gasteiger partial charge in [-0.05, 0) is 38.4 Å². The number of carbonyl (C=O) groups excluding carboxylic acids is 6. The summed E-state index contributed by atoms with van der Waals surface area (Å²) < 4.78 is 0. The average Bonchev–Trinajstić information content (AvgIpc) is 2.78. The third-order valence-corrected chi connectivity index (χ3v) is 8.16. The number of ketones is 4. The average molecular weight is 535 g/mol. The minimum absolute atomic E-state index is 0.0169. The number of nitrogens with one attached hydrogen (secondary N) is 1. The summed E-state index contributed by atoms with van der Waals surface area (Å²) in [6.45, 7) is 0. The Labute approximate surface area is 216 Å². The molecule has 13 heteroatoms. The minimum Gasteiger partial charge on any atom is -0.505 e. The molecule has 2 amide bonds. The van der Waals surface area contributed by atoms with Gasteiger partial charge in [0.2, 0.25) is 12.3 Å². The van der Waals surface area contributed by atoms with Crippen LogP contribution in [0.15, 0.2) is 0 Å². The normalized spacial score (nSPS) is 30.9. The van der Waals surface area contributed by atoms with Crippen LogP contribution < -0.4 is 16.0 Å². The van der Waals surface area contributed by atoms with Gasteiger partial charge in [0.1, 0.15) is 5.69 Å². The number of rotatable bonds is 5. The Hall–Kier alpha value is -3.35. The molecule has 5 N–H and O–H groups in total. The van der Waals surface area contributed by atoms with E-state index in [1.807, 2.05) is 0 Å². The number of fused-ring (bicyclic) bond motifs is 3. The van der Waals surface area contributed by atoms with Crippen molar-refractivity contribution in [1.82, 2.24) is 4.90 Å². The van der Waals surface area contributed by atoms with Gasteiger partial charge in [-0.15, -0.1) is 0 Å². The fourth-order valence-electron chi connectivity index (χ4n) is 6.34. The molecule has 0 heterocycles. The van der Waals surface area contributed by atoms with Crippen molar-refractivity contribution in [3.63, 3.8) is 0 Å². The number of likely N-dealkylation sites (N-methyl/N-ethyl adjacent to an activating group) is 1. The SMILES string of the molecule is CN(C)c1c(Cl)c(NC=O)c(O)c2c1CC1CC3C(N(C)C)C(=O)C(C(N)=O)C(=O)C3(O)C(=O)C1C2=O. The van der Waals surface area contributed by atoms with Crippen LogP contribution in [0.2, 0.25) is 5.02 Å². The van der Waals surface area contributed by atoms with Crippen LogP contribution in [-0.4, -0.2) is 90.4 Å². The molecule has 37 heavy (non-hydrogen) atoms. The quantitative estimate of drug-likeness (QED) is 0.210. The Morgan fingerprint density at radius 2 is 1.78 bits per heavy atom. The lowest BCUT2D eigenvalue weighted by Crippen LogP contribution is -2.74. The van der Waals surface area contributed by atoms with Crippen LogP contribution in [0, 0.1) is 23.7 Å². The molecule has 1 aromatic rings. The molecule has 0 radical (unpaired) electrons. The smallest absolute Gasteiger partial charge is 0.235 e. The van der Waals surface area contributed by atoms with E-state index in [0.29, 0.717) is 11.3 Å². The number of benzene rings is 1. The summed E-state index contributed by atoms with van der Waals surface area (Å²) in [6.07, 6.45) is 0.239. The van der Waals surface area contributed by atoms with Crippen LogP contribution in [0.3, 0.4) is 0 Å².